The molecule has 0 bridgehead atoms. The van der Waals surface area contributed by atoms with Gasteiger partial charge in [0, 0.05) is 32.6 Å². The van der Waals surface area contributed by atoms with Crippen LogP contribution in [-0.2, 0) is 0 Å². The van der Waals surface area contributed by atoms with Gasteiger partial charge in [-0.05, 0) is 82.7 Å². The van der Waals surface area contributed by atoms with Gasteiger partial charge in [-0.3, -0.25) is 5.32 Å². The third-order valence-corrected chi connectivity index (χ3v) is 11.7. The predicted octanol–water partition coefficient (Wildman–Crippen LogP) is 11.8. The fourth-order valence-corrected chi connectivity index (χ4v) is 9.14. The van der Waals surface area contributed by atoms with Crippen molar-refractivity contribution in [1.29, 1.82) is 0 Å². The lowest BCUT2D eigenvalue weighted by molar-refractivity contribution is 0.409. The molecule has 6 nitrogen and oxygen atoms in total. The molecule has 3 unspecified atom stereocenters. The summed E-state index contributed by atoms with van der Waals surface area (Å²) in [4.78, 5) is 0. The number of hydrogen-bond acceptors (Lipinski definition) is 4. The third-order valence-electron chi connectivity index (χ3n) is 11.7. The standard InChI is InChI=1S/C49H35N5O/c1-2-14-34(15-3-1)53-41-19-8-6-16-35(41)37-23-22-33(28-43(37)53)47-51-48(46-38-24-21-32(40-18-10-11-25-50-40)29-45(38)55-49(46)52-47)54-42-20-9-7-17-36(42)39-26-30-12-4-5-13-31(30)27-44(39)54/h1-29,40,47-48,50-52H. The fraction of sp³-hybridized carbons (Fsp3) is 0.0612. The van der Waals surface area contributed by atoms with Crippen LogP contribution in [0.15, 0.2) is 181 Å². The molecule has 3 aromatic heterocycles. The summed E-state index contributed by atoms with van der Waals surface area (Å²) in [6.45, 7) is 0. The van der Waals surface area contributed by atoms with Gasteiger partial charge < -0.3 is 24.2 Å². The van der Waals surface area contributed by atoms with Crippen molar-refractivity contribution in [2.75, 3.05) is 5.32 Å². The lowest BCUT2D eigenvalue weighted by atomic mass is 10.00. The van der Waals surface area contributed by atoms with Gasteiger partial charge in [-0.25, -0.2) is 0 Å². The van der Waals surface area contributed by atoms with E-state index in [1.54, 1.807) is 0 Å². The number of nitrogens with one attached hydrogen (secondary N) is 3. The first-order chi connectivity index (χ1) is 27.3. The van der Waals surface area contributed by atoms with Crippen LogP contribution >= 0.6 is 0 Å². The Balaban J connectivity index is 1.09. The van der Waals surface area contributed by atoms with Crippen molar-refractivity contribution in [3.05, 3.63) is 193 Å². The molecule has 0 saturated heterocycles. The number of para-hydroxylation sites is 3. The largest absolute Gasteiger partial charge is 0.440 e. The number of allylic oxidation sites excluding steroid dienone is 2. The zero-order valence-corrected chi connectivity index (χ0v) is 29.8. The van der Waals surface area contributed by atoms with Gasteiger partial charge >= 0.3 is 0 Å². The average molecular weight is 710 g/mol. The van der Waals surface area contributed by atoms with E-state index in [1.165, 1.54) is 48.9 Å². The van der Waals surface area contributed by atoms with Gasteiger partial charge in [0.15, 0.2) is 0 Å². The van der Waals surface area contributed by atoms with E-state index in [2.05, 4.69) is 189 Å². The van der Waals surface area contributed by atoms with Gasteiger partial charge in [-0.1, -0.05) is 115 Å². The van der Waals surface area contributed by atoms with Crippen LogP contribution in [0.2, 0.25) is 0 Å². The quantitative estimate of drug-likeness (QED) is 0.170. The number of fused-ring (bicyclic) bond motifs is 10. The topological polar surface area (TPSA) is 59.1 Å². The smallest absolute Gasteiger partial charge is 0.202 e. The molecule has 7 aromatic carbocycles. The molecule has 12 rings (SSSR count). The van der Waals surface area contributed by atoms with Gasteiger partial charge in [-0.2, -0.15) is 0 Å². The molecular weight excluding hydrogens is 675 g/mol. The zero-order chi connectivity index (χ0) is 36.0. The molecule has 0 amide bonds. The molecular formula is C49H35N5O. The second kappa shape index (κ2) is 11.7. The lowest BCUT2D eigenvalue weighted by Gasteiger charge is -2.34. The predicted molar refractivity (Wildman–Crippen MR) is 226 cm³/mol. The second-order valence-electron chi connectivity index (χ2n) is 14.7. The van der Waals surface area contributed by atoms with E-state index in [0.29, 0.717) is 0 Å². The number of dihydropyridines is 1. The molecule has 3 N–H and O–H groups in total. The average Bonchev–Trinajstić information content (AvgIpc) is 3.90. The van der Waals surface area contributed by atoms with E-state index >= 15 is 0 Å². The molecule has 0 spiro atoms. The molecule has 262 valence electrons. The van der Waals surface area contributed by atoms with Gasteiger partial charge in [0.25, 0.3) is 0 Å². The van der Waals surface area contributed by atoms with Gasteiger partial charge in [0.1, 0.15) is 17.9 Å². The normalized spacial score (nSPS) is 18.1. The maximum absolute atomic E-state index is 6.89. The van der Waals surface area contributed by atoms with E-state index in [0.717, 1.165) is 44.7 Å². The van der Waals surface area contributed by atoms with Crippen molar-refractivity contribution in [2.45, 2.75) is 18.4 Å². The Morgan fingerprint density at radius 1 is 0.527 bits per heavy atom. The van der Waals surface area contributed by atoms with E-state index in [-0.39, 0.29) is 18.4 Å². The van der Waals surface area contributed by atoms with Crippen molar-refractivity contribution < 1.29 is 4.42 Å². The highest BCUT2D eigenvalue weighted by atomic mass is 16.4. The van der Waals surface area contributed by atoms with Crippen LogP contribution in [0.25, 0.3) is 71.0 Å². The van der Waals surface area contributed by atoms with Crippen LogP contribution in [0, 0.1) is 0 Å². The molecule has 10 aromatic rings. The molecule has 0 fully saturated rings. The summed E-state index contributed by atoms with van der Waals surface area (Å²) in [6, 6.07) is 55.0. The monoisotopic (exact) mass is 709 g/mol. The highest BCUT2D eigenvalue weighted by Gasteiger charge is 2.35. The van der Waals surface area contributed by atoms with E-state index in [9.17, 15) is 0 Å². The van der Waals surface area contributed by atoms with Crippen molar-refractivity contribution >= 4 is 71.2 Å². The van der Waals surface area contributed by atoms with Crippen LogP contribution in [0.1, 0.15) is 35.1 Å². The van der Waals surface area contributed by atoms with E-state index in [1.807, 2.05) is 12.3 Å². The van der Waals surface area contributed by atoms with Crippen LogP contribution < -0.4 is 16.0 Å². The van der Waals surface area contributed by atoms with Crippen LogP contribution in [0.4, 0.5) is 5.88 Å². The summed E-state index contributed by atoms with van der Waals surface area (Å²) >= 11 is 0. The summed E-state index contributed by atoms with van der Waals surface area (Å²) in [7, 11) is 0. The number of furan rings is 1. The van der Waals surface area contributed by atoms with Crippen molar-refractivity contribution in [1.82, 2.24) is 19.8 Å². The van der Waals surface area contributed by atoms with Crippen molar-refractivity contribution in [3.63, 3.8) is 0 Å². The fourth-order valence-electron chi connectivity index (χ4n) is 9.14. The summed E-state index contributed by atoms with van der Waals surface area (Å²) < 4.78 is 11.8. The van der Waals surface area contributed by atoms with Crippen LogP contribution in [0.5, 0.6) is 0 Å². The maximum Gasteiger partial charge on any atom is 0.202 e. The van der Waals surface area contributed by atoms with E-state index in [4.69, 9.17) is 4.42 Å². The summed E-state index contributed by atoms with van der Waals surface area (Å²) in [5, 5.41) is 19.9. The number of benzene rings is 7. The lowest BCUT2D eigenvalue weighted by Crippen LogP contribution is -2.39. The molecule has 2 aliphatic rings. The molecule has 0 aliphatic carbocycles. The molecule has 0 saturated carbocycles. The zero-order valence-electron chi connectivity index (χ0n) is 29.8. The third kappa shape index (κ3) is 4.59. The Hall–Kier alpha value is -7.02. The molecule has 5 heterocycles. The van der Waals surface area contributed by atoms with Crippen LogP contribution in [-0.4, -0.2) is 9.13 Å². The summed E-state index contributed by atoms with van der Waals surface area (Å²) in [5.41, 5.74) is 10.1. The number of rotatable bonds is 4. The Kier molecular flexibility index (Phi) is 6.50. The minimum Gasteiger partial charge on any atom is -0.440 e. The second-order valence-corrected chi connectivity index (χ2v) is 14.7. The number of anilines is 1. The minimum atomic E-state index is -0.256. The highest BCUT2D eigenvalue weighted by molar-refractivity contribution is 6.13. The van der Waals surface area contributed by atoms with Gasteiger partial charge in [0.05, 0.1) is 33.7 Å². The van der Waals surface area contributed by atoms with E-state index < -0.39 is 0 Å². The minimum absolute atomic E-state index is 0.0832. The van der Waals surface area contributed by atoms with Crippen LogP contribution in [0.3, 0.4) is 0 Å². The first kappa shape index (κ1) is 30.4. The Labute approximate surface area is 316 Å². The molecule has 0 radical (unpaired) electrons. The van der Waals surface area contributed by atoms with Gasteiger partial charge in [0.2, 0.25) is 5.88 Å². The Bertz CT molecular complexity index is 3220. The van der Waals surface area contributed by atoms with Gasteiger partial charge in [-0.15, -0.1) is 0 Å². The molecule has 6 heteroatoms. The van der Waals surface area contributed by atoms with Crippen molar-refractivity contribution in [2.24, 2.45) is 0 Å². The maximum atomic E-state index is 6.89. The Morgan fingerprint density at radius 3 is 2.07 bits per heavy atom. The number of aromatic nitrogens is 2. The van der Waals surface area contributed by atoms with Crippen molar-refractivity contribution in [3.8, 4) is 5.69 Å². The first-order valence-corrected chi connectivity index (χ1v) is 19.0. The SMILES string of the molecule is C1=CNC(c2ccc3c4c(oc3c2)NC(c2ccc3c5ccccc5n(-c5ccccc5)c3c2)NC4n2c3ccccc3c3cc4ccccc4cc32)C=C1. The summed E-state index contributed by atoms with van der Waals surface area (Å²) in [6.07, 6.45) is 7.78. The molecule has 2 aliphatic heterocycles. The number of nitrogens with zero attached hydrogens (tertiary/aromatic N) is 2. The molecule has 55 heavy (non-hydrogen) atoms. The first-order valence-electron chi connectivity index (χ1n) is 19.0. The Morgan fingerprint density at radius 2 is 1.24 bits per heavy atom. The number of hydrogen-bond donors (Lipinski definition) is 3. The summed E-state index contributed by atoms with van der Waals surface area (Å²) in [5.74, 6) is 0.781. The highest BCUT2D eigenvalue weighted by Crippen LogP contribution is 2.46. The molecule has 3 atom stereocenters.